The molecule has 26 heavy (non-hydrogen) atoms. The quantitative estimate of drug-likeness (QED) is 0.842. The van der Waals surface area contributed by atoms with Gasteiger partial charge in [-0.2, -0.15) is 4.98 Å². The van der Waals surface area contributed by atoms with Crippen molar-refractivity contribution in [3.63, 3.8) is 0 Å². The fraction of sp³-hybridized carbons (Fsp3) is 0.765. The maximum atomic E-state index is 12.8. The van der Waals surface area contributed by atoms with Gasteiger partial charge in [-0.15, -0.1) is 0 Å². The molecule has 1 aromatic rings. The molecule has 9 nitrogen and oxygen atoms in total. The summed E-state index contributed by atoms with van der Waals surface area (Å²) < 4.78 is 10.7. The van der Waals surface area contributed by atoms with Crippen molar-refractivity contribution in [3.05, 3.63) is 11.7 Å². The zero-order valence-electron chi connectivity index (χ0n) is 15.1. The summed E-state index contributed by atoms with van der Waals surface area (Å²) >= 11 is 0. The van der Waals surface area contributed by atoms with Gasteiger partial charge in [0, 0.05) is 38.8 Å². The molecular formula is C17H25N5O4. The first-order valence-corrected chi connectivity index (χ1v) is 9.31. The number of aromatic nitrogens is 2. The first kappa shape index (κ1) is 17.3. The second-order valence-electron chi connectivity index (χ2n) is 7.51. The van der Waals surface area contributed by atoms with Crippen molar-refractivity contribution in [3.8, 4) is 0 Å². The fourth-order valence-electron chi connectivity index (χ4n) is 4.12. The standard InChI is InChI=1S/C17H25N5O4/c1-12-19-15(20-26-12)13-3-2-8-21(9-13)14(23)10-22-11-17(25-16(22)24)4-6-18-7-5-17/h13,18H,2-11H2,1H3/t13-/m0/s1. The third-order valence-corrected chi connectivity index (χ3v) is 5.56. The van der Waals surface area contributed by atoms with Crippen molar-refractivity contribution in [2.75, 3.05) is 39.3 Å². The van der Waals surface area contributed by atoms with Crippen LogP contribution in [0.4, 0.5) is 4.79 Å². The van der Waals surface area contributed by atoms with Crippen molar-refractivity contribution in [2.24, 2.45) is 0 Å². The Kier molecular flexibility index (Phi) is 4.56. The zero-order chi connectivity index (χ0) is 18.1. The van der Waals surface area contributed by atoms with Crippen LogP contribution in [0.2, 0.25) is 0 Å². The molecule has 1 aromatic heterocycles. The lowest BCUT2D eigenvalue weighted by atomic mass is 9.92. The highest BCUT2D eigenvalue weighted by atomic mass is 16.6. The lowest BCUT2D eigenvalue weighted by molar-refractivity contribution is -0.133. The Hall–Kier alpha value is -2.16. The Balaban J connectivity index is 1.36. The summed E-state index contributed by atoms with van der Waals surface area (Å²) in [6, 6.07) is 0. The van der Waals surface area contributed by atoms with Crippen LogP contribution in [0.1, 0.15) is 43.3 Å². The van der Waals surface area contributed by atoms with Crippen molar-refractivity contribution >= 4 is 12.0 Å². The monoisotopic (exact) mass is 363 g/mol. The van der Waals surface area contributed by atoms with Crippen LogP contribution >= 0.6 is 0 Å². The number of carbonyl (C=O) groups excluding carboxylic acids is 2. The summed E-state index contributed by atoms with van der Waals surface area (Å²) in [4.78, 5) is 32.6. The minimum atomic E-state index is -0.421. The molecule has 3 aliphatic heterocycles. The molecule has 1 atom stereocenters. The second kappa shape index (κ2) is 6.86. The van der Waals surface area contributed by atoms with Gasteiger partial charge in [-0.05, 0) is 25.9 Å². The Bertz CT molecular complexity index is 684. The first-order chi connectivity index (χ1) is 12.5. The van der Waals surface area contributed by atoms with Crippen molar-refractivity contribution in [1.82, 2.24) is 25.3 Å². The van der Waals surface area contributed by atoms with E-state index < -0.39 is 5.60 Å². The normalized spacial score (nSPS) is 25.6. The lowest BCUT2D eigenvalue weighted by Crippen LogP contribution is -2.47. The van der Waals surface area contributed by atoms with Crippen LogP contribution < -0.4 is 5.32 Å². The summed E-state index contributed by atoms with van der Waals surface area (Å²) in [5.41, 5.74) is -0.421. The summed E-state index contributed by atoms with van der Waals surface area (Å²) in [5, 5.41) is 7.27. The molecule has 4 rings (SSSR count). The SMILES string of the molecule is Cc1nc([C@H]2CCCN(C(=O)CN3CC4(CCNCC4)OC3=O)C2)no1. The maximum absolute atomic E-state index is 12.8. The van der Waals surface area contributed by atoms with Crippen LogP contribution in [0.5, 0.6) is 0 Å². The smallest absolute Gasteiger partial charge is 0.410 e. The molecule has 2 amide bonds. The van der Waals surface area contributed by atoms with Gasteiger partial charge in [0.25, 0.3) is 0 Å². The Labute approximate surface area is 152 Å². The number of nitrogens with zero attached hydrogens (tertiary/aromatic N) is 4. The zero-order valence-corrected chi connectivity index (χ0v) is 15.1. The number of hydrogen-bond donors (Lipinski definition) is 1. The van der Waals surface area contributed by atoms with E-state index in [2.05, 4.69) is 15.5 Å². The van der Waals surface area contributed by atoms with E-state index in [0.717, 1.165) is 38.8 Å². The van der Waals surface area contributed by atoms with E-state index in [1.165, 1.54) is 0 Å². The van der Waals surface area contributed by atoms with Gasteiger partial charge in [0.05, 0.1) is 6.54 Å². The number of carbonyl (C=O) groups is 2. The number of piperidine rings is 2. The van der Waals surface area contributed by atoms with E-state index in [-0.39, 0.29) is 24.5 Å². The van der Waals surface area contributed by atoms with Gasteiger partial charge >= 0.3 is 6.09 Å². The van der Waals surface area contributed by atoms with E-state index in [1.807, 2.05) is 0 Å². The Morgan fingerprint density at radius 2 is 2.19 bits per heavy atom. The highest BCUT2D eigenvalue weighted by Gasteiger charge is 2.46. The van der Waals surface area contributed by atoms with Crippen LogP contribution in [0.15, 0.2) is 4.52 Å². The van der Waals surface area contributed by atoms with E-state index in [1.54, 1.807) is 16.7 Å². The summed E-state index contributed by atoms with van der Waals surface area (Å²) in [6.07, 6.45) is 3.05. The van der Waals surface area contributed by atoms with Gasteiger partial charge in [0.2, 0.25) is 11.8 Å². The minimum absolute atomic E-state index is 0.0437. The number of likely N-dealkylation sites (tertiary alicyclic amines) is 1. The van der Waals surface area contributed by atoms with Crippen molar-refractivity contribution in [2.45, 2.75) is 44.1 Å². The van der Waals surface area contributed by atoms with Gasteiger partial charge in [-0.1, -0.05) is 5.16 Å². The minimum Gasteiger partial charge on any atom is -0.441 e. The maximum Gasteiger partial charge on any atom is 0.410 e. The van der Waals surface area contributed by atoms with Crippen molar-refractivity contribution in [1.29, 1.82) is 0 Å². The molecule has 3 aliphatic rings. The van der Waals surface area contributed by atoms with E-state index in [4.69, 9.17) is 9.26 Å². The number of ether oxygens (including phenoxy) is 1. The van der Waals surface area contributed by atoms with E-state index in [0.29, 0.717) is 31.3 Å². The third-order valence-electron chi connectivity index (χ3n) is 5.56. The molecule has 3 fully saturated rings. The first-order valence-electron chi connectivity index (χ1n) is 9.31. The second-order valence-corrected chi connectivity index (χ2v) is 7.51. The average Bonchev–Trinajstić information content (AvgIpc) is 3.19. The molecule has 1 spiro atoms. The molecule has 0 unspecified atom stereocenters. The molecule has 1 N–H and O–H groups in total. The number of amides is 2. The molecule has 0 radical (unpaired) electrons. The molecule has 0 aromatic carbocycles. The van der Waals surface area contributed by atoms with Gasteiger partial charge in [-0.3, -0.25) is 9.69 Å². The summed E-state index contributed by atoms with van der Waals surface area (Å²) in [5.74, 6) is 1.24. The Morgan fingerprint density at radius 3 is 2.92 bits per heavy atom. The van der Waals surface area contributed by atoms with E-state index in [9.17, 15) is 9.59 Å². The Morgan fingerprint density at radius 1 is 1.38 bits per heavy atom. The molecule has 142 valence electrons. The van der Waals surface area contributed by atoms with Crippen LogP contribution in [-0.2, 0) is 9.53 Å². The summed E-state index contributed by atoms with van der Waals surface area (Å²) in [6.45, 7) is 5.28. The summed E-state index contributed by atoms with van der Waals surface area (Å²) in [7, 11) is 0. The van der Waals surface area contributed by atoms with Gasteiger partial charge < -0.3 is 19.5 Å². The molecule has 3 saturated heterocycles. The molecule has 9 heteroatoms. The topological polar surface area (TPSA) is 101 Å². The fourth-order valence-corrected chi connectivity index (χ4v) is 4.12. The highest BCUT2D eigenvalue weighted by Crippen LogP contribution is 2.31. The molecular weight excluding hydrogens is 338 g/mol. The highest BCUT2D eigenvalue weighted by molar-refractivity contribution is 5.83. The number of rotatable bonds is 3. The molecule has 0 aliphatic carbocycles. The van der Waals surface area contributed by atoms with Gasteiger partial charge in [-0.25, -0.2) is 4.79 Å². The van der Waals surface area contributed by atoms with Crippen molar-refractivity contribution < 1.29 is 18.8 Å². The van der Waals surface area contributed by atoms with Crippen LogP contribution in [0.3, 0.4) is 0 Å². The van der Waals surface area contributed by atoms with Crippen LogP contribution in [0, 0.1) is 6.92 Å². The molecule has 4 heterocycles. The predicted molar refractivity (Wildman–Crippen MR) is 90.5 cm³/mol. The molecule has 0 bridgehead atoms. The number of aryl methyl sites for hydroxylation is 1. The number of hydrogen-bond acceptors (Lipinski definition) is 7. The van der Waals surface area contributed by atoms with Gasteiger partial charge in [0.15, 0.2) is 5.82 Å². The predicted octanol–water partition coefficient (Wildman–Crippen LogP) is 0.658. The van der Waals surface area contributed by atoms with Crippen LogP contribution in [-0.4, -0.2) is 76.8 Å². The average molecular weight is 363 g/mol. The number of nitrogens with one attached hydrogen (secondary N) is 1. The molecule has 0 saturated carbocycles. The largest absolute Gasteiger partial charge is 0.441 e. The lowest BCUT2D eigenvalue weighted by Gasteiger charge is -2.33. The van der Waals surface area contributed by atoms with Gasteiger partial charge in [0.1, 0.15) is 12.1 Å². The van der Waals surface area contributed by atoms with Crippen LogP contribution in [0.25, 0.3) is 0 Å². The van der Waals surface area contributed by atoms with E-state index >= 15 is 0 Å². The third kappa shape index (κ3) is 3.40.